The van der Waals surface area contributed by atoms with Crippen molar-refractivity contribution < 1.29 is 8.95 Å². The number of methoxy groups -OCH3 is 1. The summed E-state index contributed by atoms with van der Waals surface area (Å²) in [5.74, 6) is 4.61. The van der Waals surface area contributed by atoms with E-state index in [1.807, 2.05) is 22.6 Å². The lowest BCUT2D eigenvalue weighted by molar-refractivity contribution is 0.419. The van der Waals surface area contributed by atoms with Gasteiger partial charge in [-0.2, -0.15) is 0 Å². The van der Waals surface area contributed by atoms with Gasteiger partial charge in [0.15, 0.2) is 0 Å². The standard InChI is InChI=1S/C16H20N2O2S/c1-20-15-6-4-5-13-14(11-17-16(13)15)12-7-9-18(10-8-12)21(2,3)19/h4-7,11,17H,2,8-10H2,1,3H3. The van der Waals surface area contributed by atoms with Gasteiger partial charge in [0.1, 0.15) is 5.75 Å². The second kappa shape index (κ2) is 5.24. The molecular formula is C16H20N2O2S. The first-order valence-corrected chi connectivity index (χ1v) is 9.01. The van der Waals surface area contributed by atoms with Crippen LogP contribution in [0.3, 0.4) is 0 Å². The van der Waals surface area contributed by atoms with Gasteiger partial charge in [-0.1, -0.05) is 18.2 Å². The van der Waals surface area contributed by atoms with Crippen molar-refractivity contribution in [2.24, 2.45) is 0 Å². The van der Waals surface area contributed by atoms with Crippen LogP contribution in [0.4, 0.5) is 0 Å². The molecule has 1 aromatic heterocycles. The molecule has 0 spiro atoms. The molecule has 1 aromatic carbocycles. The number of para-hydroxylation sites is 1. The molecule has 4 nitrogen and oxygen atoms in total. The third-order valence-corrected chi connectivity index (χ3v) is 5.39. The molecule has 0 saturated heterocycles. The van der Waals surface area contributed by atoms with Gasteiger partial charge in [0, 0.05) is 46.2 Å². The van der Waals surface area contributed by atoms with Gasteiger partial charge in [-0.05, 0) is 23.9 Å². The second-order valence-electron chi connectivity index (χ2n) is 5.41. The topological polar surface area (TPSA) is 45.3 Å². The van der Waals surface area contributed by atoms with Crippen LogP contribution in [0.1, 0.15) is 12.0 Å². The van der Waals surface area contributed by atoms with E-state index in [1.54, 1.807) is 13.4 Å². The van der Waals surface area contributed by atoms with Crippen molar-refractivity contribution in [3.63, 3.8) is 0 Å². The van der Waals surface area contributed by atoms with E-state index >= 15 is 0 Å². The molecule has 112 valence electrons. The Morgan fingerprint density at radius 3 is 2.86 bits per heavy atom. The summed E-state index contributed by atoms with van der Waals surface area (Å²) in [5, 5.41) is 1.17. The van der Waals surface area contributed by atoms with Gasteiger partial charge in [0.25, 0.3) is 0 Å². The molecule has 0 bridgehead atoms. The van der Waals surface area contributed by atoms with Crippen LogP contribution in [0.2, 0.25) is 0 Å². The van der Waals surface area contributed by atoms with E-state index in [4.69, 9.17) is 4.74 Å². The fraction of sp³-hybridized carbons (Fsp3) is 0.312. The van der Waals surface area contributed by atoms with Gasteiger partial charge < -0.3 is 9.72 Å². The summed E-state index contributed by atoms with van der Waals surface area (Å²) in [6.45, 7) is 1.46. The van der Waals surface area contributed by atoms with Gasteiger partial charge in [-0.3, -0.25) is 4.21 Å². The summed E-state index contributed by atoms with van der Waals surface area (Å²) in [4.78, 5) is 3.30. The van der Waals surface area contributed by atoms with Crippen LogP contribution >= 0.6 is 0 Å². The van der Waals surface area contributed by atoms with Gasteiger partial charge in [0.05, 0.1) is 12.6 Å². The Hall–Kier alpha value is -1.72. The number of aromatic amines is 1. The maximum absolute atomic E-state index is 12.0. The molecule has 1 aliphatic rings. The highest BCUT2D eigenvalue weighted by atomic mass is 32.2. The Morgan fingerprint density at radius 2 is 2.24 bits per heavy atom. The van der Waals surface area contributed by atoms with Crippen molar-refractivity contribution in [2.75, 3.05) is 26.5 Å². The Labute approximate surface area is 125 Å². The number of aromatic nitrogens is 1. The minimum atomic E-state index is -2.11. The Bertz CT molecular complexity index is 803. The van der Waals surface area contributed by atoms with Crippen LogP contribution in [0, 0.1) is 0 Å². The van der Waals surface area contributed by atoms with Crippen molar-refractivity contribution in [1.82, 2.24) is 9.29 Å². The Morgan fingerprint density at radius 1 is 1.43 bits per heavy atom. The summed E-state index contributed by atoms with van der Waals surface area (Å²) in [6, 6.07) is 6.05. The van der Waals surface area contributed by atoms with Crippen LogP contribution in [0.5, 0.6) is 5.75 Å². The van der Waals surface area contributed by atoms with E-state index in [9.17, 15) is 4.21 Å². The lowest BCUT2D eigenvalue weighted by Gasteiger charge is -2.27. The molecule has 1 N–H and O–H groups in total. The van der Waals surface area contributed by atoms with Crippen molar-refractivity contribution in [3.05, 3.63) is 36.0 Å². The number of fused-ring (bicyclic) bond motifs is 1. The normalized spacial score (nSPS) is 19.2. The molecule has 2 heterocycles. The molecule has 3 rings (SSSR count). The van der Waals surface area contributed by atoms with Crippen molar-refractivity contribution in [1.29, 1.82) is 0 Å². The minimum absolute atomic E-state index is 0.685. The summed E-state index contributed by atoms with van der Waals surface area (Å²) < 4.78 is 19.3. The molecule has 21 heavy (non-hydrogen) atoms. The fourth-order valence-electron chi connectivity index (χ4n) is 2.81. The summed E-state index contributed by atoms with van der Waals surface area (Å²) in [5.41, 5.74) is 3.51. The zero-order valence-electron chi connectivity index (χ0n) is 12.4. The summed E-state index contributed by atoms with van der Waals surface area (Å²) >= 11 is 0. The molecule has 1 unspecified atom stereocenters. The van der Waals surface area contributed by atoms with E-state index in [2.05, 4.69) is 23.0 Å². The van der Waals surface area contributed by atoms with Gasteiger partial charge in [-0.15, -0.1) is 0 Å². The first-order chi connectivity index (χ1) is 10.0. The molecule has 2 aromatic rings. The lowest BCUT2D eigenvalue weighted by Crippen LogP contribution is -2.33. The number of H-pyrrole nitrogens is 1. The Kier molecular flexibility index (Phi) is 3.55. The van der Waals surface area contributed by atoms with E-state index in [1.165, 1.54) is 16.5 Å². The van der Waals surface area contributed by atoms with Crippen LogP contribution in [0.15, 0.2) is 30.5 Å². The number of benzene rings is 1. The summed E-state index contributed by atoms with van der Waals surface area (Å²) in [6.07, 6.45) is 6.76. The van der Waals surface area contributed by atoms with Gasteiger partial charge in [-0.25, -0.2) is 4.31 Å². The lowest BCUT2D eigenvalue weighted by atomic mass is 9.99. The summed E-state index contributed by atoms with van der Waals surface area (Å²) in [7, 11) is -0.431. The quantitative estimate of drug-likeness (QED) is 0.886. The maximum atomic E-state index is 12.0. The van der Waals surface area contributed by atoms with Crippen molar-refractivity contribution in [3.8, 4) is 5.75 Å². The molecule has 1 atom stereocenters. The van der Waals surface area contributed by atoms with E-state index in [0.717, 1.165) is 24.2 Å². The molecule has 0 fully saturated rings. The number of hydrogen-bond donors (Lipinski definition) is 1. The van der Waals surface area contributed by atoms with E-state index in [-0.39, 0.29) is 0 Å². The Balaban J connectivity index is 1.98. The number of ether oxygens (including phenoxy) is 1. The molecule has 1 aliphatic heterocycles. The average Bonchev–Trinajstić information content (AvgIpc) is 2.90. The fourth-order valence-corrected chi connectivity index (χ4v) is 3.68. The first kappa shape index (κ1) is 14.2. The third kappa shape index (κ3) is 2.59. The number of rotatable bonds is 3. The van der Waals surface area contributed by atoms with Crippen LogP contribution in [-0.4, -0.2) is 45.8 Å². The molecule has 0 amide bonds. The average molecular weight is 304 g/mol. The number of nitrogens with one attached hydrogen (secondary N) is 1. The van der Waals surface area contributed by atoms with Crippen LogP contribution < -0.4 is 4.74 Å². The highest BCUT2D eigenvalue weighted by Gasteiger charge is 2.19. The van der Waals surface area contributed by atoms with Gasteiger partial charge in [0.2, 0.25) is 0 Å². The van der Waals surface area contributed by atoms with Crippen molar-refractivity contribution in [2.45, 2.75) is 6.42 Å². The molecule has 0 saturated carbocycles. The number of nitrogens with zero attached hydrogens (tertiary/aromatic N) is 1. The monoisotopic (exact) mass is 304 g/mol. The first-order valence-electron chi connectivity index (χ1n) is 6.91. The van der Waals surface area contributed by atoms with Crippen LogP contribution in [-0.2, 0) is 9.71 Å². The van der Waals surface area contributed by atoms with E-state index in [0.29, 0.717) is 6.54 Å². The second-order valence-corrected chi connectivity index (χ2v) is 7.85. The number of hydrogen-bond acceptors (Lipinski definition) is 2. The molecule has 0 radical (unpaired) electrons. The van der Waals surface area contributed by atoms with E-state index < -0.39 is 9.71 Å². The third-order valence-electron chi connectivity index (χ3n) is 3.96. The largest absolute Gasteiger partial charge is 0.495 e. The highest BCUT2D eigenvalue weighted by Crippen LogP contribution is 2.33. The van der Waals surface area contributed by atoms with Gasteiger partial charge >= 0.3 is 0 Å². The minimum Gasteiger partial charge on any atom is -0.495 e. The van der Waals surface area contributed by atoms with Crippen molar-refractivity contribution >= 4 is 32.1 Å². The molecule has 5 heteroatoms. The SMILES string of the molecule is C=S(C)(=O)N1CC=C(c2c[nH]c3c(OC)cccc23)CC1. The maximum Gasteiger partial charge on any atom is 0.142 e. The predicted molar refractivity (Wildman–Crippen MR) is 90.2 cm³/mol. The zero-order chi connectivity index (χ0) is 15.0. The molecular weight excluding hydrogens is 284 g/mol. The highest BCUT2D eigenvalue weighted by molar-refractivity contribution is 7.97. The van der Waals surface area contributed by atoms with Crippen LogP contribution in [0.25, 0.3) is 16.5 Å². The molecule has 0 aliphatic carbocycles. The predicted octanol–water partition coefficient (Wildman–Crippen LogP) is 2.53. The smallest absolute Gasteiger partial charge is 0.142 e. The zero-order valence-corrected chi connectivity index (χ0v) is 13.2.